The maximum Gasteiger partial charge on any atom is 0.348 e. The third-order valence-corrected chi connectivity index (χ3v) is 1.67. The Kier molecular flexibility index (Phi) is 5.02. The van der Waals surface area contributed by atoms with Gasteiger partial charge in [0.15, 0.2) is 6.79 Å². The van der Waals surface area contributed by atoms with Gasteiger partial charge in [-0.25, -0.2) is 0 Å². The summed E-state index contributed by atoms with van der Waals surface area (Å²) in [4.78, 5) is 9.48. The van der Waals surface area contributed by atoms with Gasteiger partial charge in [-0.2, -0.15) is 8.78 Å². The molecule has 1 aromatic rings. The summed E-state index contributed by atoms with van der Waals surface area (Å²) in [7, 11) is 0. The molecule has 0 radical (unpaired) electrons. The van der Waals surface area contributed by atoms with Gasteiger partial charge in [-0.3, -0.25) is 14.9 Å². The third-order valence-electron chi connectivity index (χ3n) is 1.67. The lowest BCUT2D eigenvalue weighted by Crippen LogP contribution is -2.06. The van der Waals surface area contributed by atoms with E-state index in [2.05, 4.69) is 4.74 Å². The topological polar surface area (TPSA) is 61.6 Å². The van der Waals surface area contributed by atoms with Crippen molar-refractivity contribution < 1.29 is 23.2 Å². The molecule has 0 aromatic heterocycles. The van der Waals surface area contributed by atoms with Crippen molar-refractivity contribution in [2.45, 2.75) is 6.61 Å². The molecule has 1 rings (SSSR count). The zero-order valence-corrected chi connectivity index (χ0v) is 8.58. The number of rotatable bonds is 6. The second-order valence-electron chi connectivity index (χ2n) is 2.86. The Morgan fingerprint density at radius 1 is 1.47 bits per heavy atom. The SMILES string of the molecule is O=[N+]([O-])C=Cc1cccc(OCOC(F)F)c1. The fourth-order valence-corrected chi connectivity index (χ4v) is 1.01. The van der Waals surface area contributed by atoms with Crippen LogP contribution in [-0.4, -0.2) is 18.3 Å². The van der Waals surface area contributed by atoms with Crippen LogP contribution in [0, 0.1) is 10.1 Å². The Bertz CT molecular complexity index is 409. The van der Waals surface area contributed by atoms with E-state index in [-0.39, 0.29) is 5.75 Å². The molecule has 0 unspecified atom stereocenters. The highest BCUT2D eigenvalue weighted by atomic mass is 19.3. The minimum Gasteiger partial charge on any atom is -0.467 e. The average molecular weight is 245 g/mol. The normalized spacial score (nSPS) is 11.0. The lowest BCUT2D eigenvalue weighted by Gasteiger charge is -2.06. The van der Waals surface area contributed by atoms with Crippen LogP contribution in [0.5, 0.6) is 5.75 Å². The van der Waals surface area contributed by atoms with Gasteiger partial charge in [-0.15, -0.1) is 0 Å². The van der Waals surface area contributed by atoms with Gasteiger partial charge in [0.25, 0.3) is 0 Å². The van der Waals surface area contributed by atoms with Crippen molar-refractivity contribution in [1.29, 1.82) is 0 Å². The maximum absolute atomic E-state index is 11.6. The predicted octanol–water partition coefficient (Wildman–Crippen LogP) is 2.51. The van der Waals surface area contributed by atoms with Crippen LogP contribution in [0.15, 0.2) is 30.5 Å². The van der Waals surface area contributed by atoms with E-state index in [4.69, 9.17) is 4.74 Å². The summed E-state index contributed by atoms with van der Waals surface area (Å²) in [6, 6.07) is 6.19. The van der Waals surface area contributed by atoms with Crippen LogP contribution in [-0.2, 0) is 4.74 Å². The summed E-state index contributed by atoms with van der Waals surface area (Å²) in [5, 5.41) is 10.1. The predicted molar refractivity (Wildman–Crippen MR) is 55.1 cm³/mol. The second kappa shape index (κ2) is 6.54. The van der Waals surface area contributed by atoms with Gasteiger partial charge in [0, 0.05) is 6.08 Å². The van der Waals surface area contributed by atoms with E-state index in [0.717, 1.165) is 6.20 Å². The highest BCUT2D eigenvalue weighted by Crippen LogP contribution is 2.14. The lowest BCUT2D eigenvalue weighted by atomic mass is 10.2. The molecule has 0 fully saturated rings. The van der Waals surface area contributed by atoms with Crippen molar-refractivity contribution in [3.63, 3.8) is 0 Å². The van der Waals surface area contributed by atoms with Gasteiger partial charge in [0.2, 0.25) is 6.20 Å². The van der Waals surface area contributed by atoms with Crippen LogP contribution in [0.1, 0.15) is 5.56 Å². The average Bonchev–Trinajstić information content (AvgIpc) is 2.26. The standard InChI is InChI=1S/C10H9F2NO4/c11-10(12)17-7-16-9-3-1-2-8(6-9)4-5-13(14)15/h1-6,10H,7H2. The molecule has 0 bridgehead atoms. The van der Waals surface area contributed by atoms with E-state index in [1.165, 1.54) is 18.2 Å². The van der Waals surface area contributed by atoms with Crippen molar-refractivity contribution in [2.24, 2.45) is 0 Å². The molecule has 0 spiro atoms. The molecule has 0 N–H and O–H groups in total. The number of alkyl halides is 2. The highest BCUT2D eigenvalue weighted by Gasteiger charge is 2.01. The van der Waals surface area contributed by atoms with Crippen LogP contribution in [0.2, 0.25) is 0 Å². The van der Waals surface area contributed by atoms with E-state index < -0.39 is 18.3 Å². The molecule has 1 aromatic carbocycles. The highest BCUT2D eigenvalue weighted by molar-refractivity contribution is 5.50. The van der Waals surface area contributed by atoms with Crippen molar-refractivity contribution in [3.8, 4) is 5.75 Å². The zero-order chi connectivity index (χ0) is 12.7. The van der Waals surface area contributed by atoms with Crippen LogP contribution in [0.3, 0.4) is 0 Å². The van der Waals surface area contributed by atoms with Crippen molar-refractivity contribution in [3.05, 3.63) is 46.1 Å². The van der Waals surface area contributed by atoms with E-state index in [1.807, 2.05) is 0 Å². The summed E-state index contributed by atoms with van der Waals surface area (Å²) in [5.74, 6) is 0.288. The van der Waals surface area contributed by atoms with E-state index in [1.54, 1.807) is 12.1 Å². The fraction of sp³-hybridized carbons (Fsp3) is 0.200. The van der Waals surface area contributed by atoms with Gasteiger partial charge in [0.1, 0.15) is 5.75 Å². The Balaban J connectivity index is 2.56. The molecule has 0 saturated carbocycles. The Morgan fingerprint density at radius 2 is 2.24 bits per heavy atom. The summed E-state index contributed by atoms with van der Waals surface area (Å²) in [5.41, 5.74) is 0.524. The third kappa shape index (κ3) is 5.57. The molecule has 0 saturated heterocycles. The molecule has 0 heterocycles. The van der Waals surface area contributed by atoms with E-state index in [0.29, 0.717) is 5.56 Å². The first-order valence-electron chi connectivity index (χ1n) is 4.52. The Morgan fingerprint density at radius 3 is 2.88 bits per heavy atom. The molecular formula is C10H9F2NO4. The summed E-state index contributed by atoms with van der Waals surface area (Å²) >= 11 is 0. The quantitative estimate of drug-likeness (QED) is 0.439. The van der Waals surface area contributed by atoms with Crippen LogP contribution in [0.4, 0.5) is 8.78 Å². The molecule has 5 nitrogen and oxygen atoms in total. The molecule has 0 aliphatic rings. The first-order chi connectivity index (χ1) is 8.08. The molecule has 0 aliphatic carbocycles. The number of nitro groups is 1. The summed E-state index contributed by atoms with van der Waals surface area (Å²) in [6.45, 7) is -3.48. The Hall–Kier alpha value is -2.02. The molecule has 0 aliphatic heterocycles. The van der Waals surface area contributed by atoms with Crippen molar-refractivity contribution in [2.75, 3.05) is 6.79 Å². The molecule has 92 valence electrons. The minimum atomic E-state index is -2.90. The first kappa shape index (κ1) is 13.0. The smallest absolute Gasteiger partial charge is 0.348 e. The largest absolute Gasteiger partial charge is 0.467 e. The number of halogens is 2. The maximum atomic E-state index is 11.6. The van der Waals surface area contributed by atoms with Crippen LogP contribution in [0.25, 0.3) is 6.08 Å². The Labute approximate surface area is 95.4 Å². The van der Waals surface area contributed by atoms with Crippen LogP contribution < -0.4 is 4.74 Å². The first-order valence-corrected chi connectivity index (χ1v) is 4.52. The molecule has 0 amide bonds. The van der Waals surface area contributed by atoms with Gasteiger partial charge >= 0.3 is 6.61 Å². The minimum absolute atomic E-state index is 0.288. The van der Waals surface area contributed by atoms with Crippen molar-refractivity contribution in [1.82, 2.24) is 0 Å². The summed E-state index contributed by atoms with van der Waals surface area (Å²) < 4.78 is 32.0. The molecule has 0 atom stereocenters. The number of ether oxygens (including phenoxy) is 2. The number of benzene rings is 1. The van der Waals surface area contributed by atoms with E-state index >= 15 is 0 Å². The molecular weight excluding hydrogens is 236 g/mol. The number of hydrogen-bond acceptors (Lipinski definition) is 4. The number of hydrogen-bond donors (Lipinski definition) is 0. The van der Waals surface area contributed by atoms with Crippen LogP contribution >= 0.6 is 0 Å². The fourth-order valence-electron chi connectivity index (χ4n) is 1.01. The van der Waals surface area contributed by atoms with Gasteiger partial charge in [-0.1, -0.05) is 12.1 Å². The van der Waals surface area contributed by atoms with Gasteiger partial charge < -0.3 is 4.74 Å². The number of nitrogens with zero attached hydrogens (tertiary/aromatic N) is 1. The molecule has 17 heavy (non-hydrogen) atoms. The van der Waals surface area contributed by atoms with Gasteiger partial charge in [0.05, 0.1) is 4.92 Å². The lowest BCUT2D eigenvalue weighted by molar-refractivity contribution is -0.400. The van der Waals surface area contributed by atoms with Crippen molar-refractivity contribution >= 4 is 6.08 Å². The van der Waals surface area contributed by atoms with Gasteiger partial charge in [-0.05, 0) is 17.7 Å². The zero-order valence-electron chi connectivity index (χ0n) is 8.58. The monoisotopic (exact) mass is 245 g/mol. The van der Waals surface area contributed by atoms with E-state index in [9.17, 15) is 18.9 Å². The molecule has 7 heteroatoms. The second-order valence-corrected chi connectivity index (χ2v) is 2.86. The summed E-state index contributed by atoms with van der Waals surface area (Å²) in [6.07, 6.45) is 2.04.